The summed E-state index contributed by atoms with van der Waals surface area (Å²) in [7, 11) is 0. The molecule has 0 bridgehead atoms. The molecule has 11 heavy (non-hydrogen) atoms. The number of aromatic hydroxyl groups is 1. The van der Waals surface area contributed by atoms with E-state index in [-0.39, 0.29) is 0 Å². The molecule has 0 aliphatic carbocycles. The van der Waals surface area contributed by atoms with E-state index in [2.05, 4.69) is 0 Å². The van der Waals surface area contributed by atoms with Gasteiger partial charge in [0.05, 0.1) is 0 Å². The van der Waals surface area contributed by atoms with E-state index in [1.165, 1.54) is 0 Å². The topological polar surface area (TPSA) is 20.2 Å². The number of benzene rings is 1. The number of phenols is 1. The zero-order valence-electron chi connectivity index (χ0n) is 6.79. The standard InChI is InChI=1S/C9H12OS/c1-3-7-5-4-6-8(11-2)9(7)10/h4-6,10H,3H2,1-2H3. The van der Waals surface area contributed by atoms with Crippen molar-refractivity contribution in [1.82, 2.24) is 0 Å². The highest BCUT2D eigenvalue weighted by molar-refractivity contribution is 7.98. The highest BCUT2D eigenvalue weighted by Gasteiger charge is 2.02. The first-order valence-electron chi connectivity index (χ1n) is 3.64. The molecule has 0 amide bonds. The smallest absolute Gasteiger partial charge is 0.132 e. The van der Waals surface area contributed by atoms with Gasteiger partial charge in [0, 0.05) is 4.90 Å². The van der Waals surface area contributed by atoms with Crippen molar-refractivity contribution < 1.29 is 5.11 Å². The van der Waals surface area contributed by atoms with Crippen LogP contribution in [-0.2, 0) is 6.42 Å². The van der Waals surface area contributed by atoms with Crippen LogP contribution in [0.4, 0.5) is 0 Å². The molecule has 1 nitrogen and oxygen atoms in total. The molecule has 1 aromatic carbocycles. The molecule has 0 aromatic heterocycles. The Morgan fingerprint density at radius 2 is 2.18 bits per heavy atom. The molecule has 0 saturated carbocycles. The first kappa shape index (κ1) is 8.47. The number of thioether (sulfide) groups is 1. The third-order valence-corrected chi connectivity index (χ3v) is 2.45. The molecular weight excluding hydrogens is 156 g/mol. The van der Waals surface area contributed by atoms with Crippen LogP contribution in [-0.4, -0.2) is 11.4 Å². The average molecular weight is 168 g/mol. The van der Waals surface area contributed by atoms with Crippen molar-refractivity contribution in [2.45, 2.75) is 18.2 Å². The number of hydrogen-bond donors (Lipinski definition) is 1. The van der Waals surface area contributed by atoms with Crippen molar-refractivity contribution in [3.8, 4) is 5.75 Å². The van der Waals surface area contributed by atoms with Gasteiger partial charge >= 0.3 is 0 Å². The molecule has 0 spiro atoms. The lowest BCUT2D eigenvalue weighted by Crippen LogP contribution is -1.82. The molecule has 0 aliphatic rings. The second-order valence-electron chi connectivity index (χ2n) is 2.32. The zero-order chi connectivity index (χ0) is 8.27. The number of phenolic OH excluding ortho intramolecular Hbond substituents is 1. The lowest BCUT2D eigenvalue weighted by atomic mass is 10.1. The van der Waals surface area contributed by atoms with Crippen LogP contribution in [0.1, 0.15) is 12.5 Å². The van der Waals surface area contributed by atoms with E-state index < -0.39 is 0 Å². The fraction of sp³-hybridized carbons (Fsp3) is 0.333. The minimum atomic E-state index is 0.447. The van der Waals surface area contributed by atoms with Crippen molar-refractivity contribution in [3.63, 3.8) is 0 Å². The lowest BCUT2D eigenvalue weighted by molar-refractivity contribution is 0.456. The Bertz CT molecular complexity index is 223. The predicted octanol–water partition coefficient (Wildman–Crippen LogP) is 2.68. The van der Waals surface area contributed by atoms with E-state index in [1.54, 1.807) is 11.8 Å². The predicted molar refractivity (Wildman–Crippen MR) is 49.3 cm³/mol. The van der Waals surface area contributed by atoms with Gasteiger partial charge in [-0.3, -0.25) is 0 Å². The molecule has 0 unspecified atom stereocenters. The quantitative estimate of drug-likeness (QED) is 0.685. The first-order chi connectivity index (χ1) is 5.29. The van der Waals surface area contributed by atoms with Gasteiger partial charge in [-0.2, -0.15) is 0 Å². The Labute approximate surface area is 71.4 Å². The first-order valence-corrected chi connectivity index (χ1v) is 4.87. The number of rotatable bonds is 2. The number of hydrogen-bond acceptors (Lipinski definition) is 2. The van der Waals surface area contributed by atoms with Crippen LogP contribution in [0.2, 0.25) is 0 Å². The summed E-state index contributed by atoms with van der Waals surface area (Å²) in [6, 6.07) is 5.86. The van der Waals surface area contributed by atoms with Gasteiger partial charge in [-0.05, 0) is 24.3 Å². The van der Waals surface area contributed by atoms with Crippen molar-refractivity contribution in [1.29, 1.82) is 0 Å². The third-order valence-electron chi connectivity index (χ3n) is 1.68. The van der Waals surface area contributed by atoms with Gasteiger partial charge in [-0.15, -0.1) is 11.8 Å². The summed E-state index contributed by atoms with van der Waals surface area (Å²) in [5, 5.41) is 9.57. The van der Waals surface area contributed by atoms with E-state index >= 15 is 0 Å². The maximum Gasteiger partial charge on any atom is 0.132 e. The van der Waals surface area contributed by atoms with Gasteiger partial charge in [-0.25, -0.2) is 0 Å². The largest absolute Gasteiger partial charge is 0.506 e. The summed E-state index contributed by atoms with van der Waals surface area (Å²) in [4.78, 5) is 0.962. The Kier molecular flexibility index (Phi) is 2.83. The molecule has 60 valence electrons. The molecule has 0 radical (unpaired) electrons. The molecule has 0 aliphatic heterocycles. The highest BCUT2D eigenvalue weighted by Crippen LogP contribution is 2.29. The van der Waals surface area contributed by atoms with Crippen LogP contribution in [0.5, 0.6) is 5.75 Å². The van der Waals surface area contributed by atoms with Gasteiger partial charge in [0.1, 0.15) is 5.75 Å². The minimum absolute atomic E-state index is 0.447. The molecule has 1 N–H and O–H groups in total. The third kappa shape index (κ3) is 1.69. The number of para-hydroxylation sites is 1. The van der Waals surface area contributed by atoms with Crippen LogP contribution in [0.3, 0.4) is 0 Å². The second kappa shape index (κ2) is 3.67. The van der Waals surface area contributed by atoms with E-state index in [9.17, 15) is 5.11 Å². The summed E-state index contributed by atoms with van der Waals surface area (Å²) in [6.45, 7) is 2.04. The van der Waals surface area contributed by atoms with E-state index in [1.807, 2.05) is 31.4 Å². The average Bonchev–Trinajstić information content (AvgIpc) is 2.05. The lowest BCUT2D eigenvalue weighted by Gasteiger charge is -2.04. The zero-order valence-corrected chi connectivity index (χ0v) is 7.61. The molecule has 1 aromatic rings. The fourth-order valence-electron chi connectivity index (χ4n) is 1.02. The van der Waals surface area contributed by atoms with Gasteiger partial charge < -0.3 is 5.11 Å². The summed E-state index contributed by atoms with van der Waals surface area (Å²) >= 11 is 1.57. The molecule has 1 rings (SSSR count). The summed E-state index contributed by atoms with van der Waals surface area (Å²) in [5.41, 5.74) is 1.02. The Morgan fingerprint density at radius 3 is 2.73 bits per heavy atom. The van der Waals surface area contributed by atoms with Gasteiger partial charge in [0.25, 0.3) is 0 Å². The van der Waals surface area contributed by atoms with Gasteiger partial charge in [0.2, 0.25) is 0 Å². The molecular formula is C9H12OS. The summed E-state index contributed by atoms with van der Waals surface area (Å²) < 4.78 is 0. The Balaban J connectivity index is 3.10. The Hall–Kier alpha value is -0.630. The molecule has 0 heterocycles. The van der Waals surface area contributed by atoms with Crippen LogP contribution < -0.4 is 0 Å². The van der Waals surface area contributed by atoms with E-state index in [0.29, 0.717) is 5.75 Å². The molecule has 2 heteroatoms. The highest BCUT2D eigenvalue weighted by atomic mass is 32.2. The van der Waals surface area contributed by atoms with Crippen LogP contribution in [0, 0.1) is 0 Å². The van der Waals surface area contributed by atoms with Crippen LogP contribution in [0.25, 0.3) is 0 Å². The Morgan fingerprint density at radius 1 is 1.45 bits per heavy atom. The SMILES string of the molecule is CCc1cccc(SC)c1O. The van der Waals surface area contributed by atoms with Crippen molar-refractivity contribution in [2.24, 2.45) is 0 Å². The molecule has 0 saturated heterocycles. The van der Waals surface area contributed by atoms with Crippen LogP contribution in [0.15, 0.2) is 23.1 Å². The molecule has 0 fully saturated rings. The fourth-order valence-corrected chi connectivity index (χ4v) is 1.56. The van der Waals surface area contributed by atoms with Crippen molar-refractivity contribution in [2.75, 3.05) is 6.26 Å². The van der Waals surface area contributed by atoms with Crippen molar-refractivity contribution >= 4 is 11.8 Å². The van der Waals surface area contributed by atoms with E-state index in [0.717, 1.165) is 16.9 Å². The summed E-state index contributed by atoms with van der Waals surface area (Å²) in [5.74, 6) is 0.447. The maximum absolute atomic E-state index is 9.57. The van der Waals surface area contributed by atoms with Crippen molar-refractivity contribution in [3.05, 3.63) is 23.8 Å². The maximum atomic E-state index is 9.57. The monoisotopic (exact) mass is 168 g/mol. The minimum Gasteiger partial charge on any atom is -0.506 e. The van der Waals surface area contributed by atoms with E-state index in [4.69, 9.17) is 0 Å². The van der Waals surface area contributed by atoms with Crippen LogP contribution >= 0.6 is 11.8 Å². The normalized spacial score (nSPS) is 10.0. The second-order valence-corrected chi connectivity index (χ2v) is 3.17. The van der Waals surface area contributed by atoms with Gasteiger partial charge in [0.15, 0.2) is 0 Å². The van der Waals surface area contributed by atoms with Gasteiger partial charge in [-0.1, -0.05) is 19.1 Å². The number of aryl methyl sites for hydroxylation is 1. The summed E-state index contributed by atoms with van der Waals surface area (Å²) in [6.07, 6.45) is 2.86. The molecule has 0 atom stereocenters.